The molecule has 0 aromatic heterocycles. The van der Waals surface area contributed by atoms with E-state index in [9.17, 15) is 20.1 Å². The number of aliphatic hydroxyl groups is 3. The number of unbranched alkanes of at least 4 members (excludes halogenated alkanes) is 23. The summed E-state index contributed by atoms with van der Waals surface area (Å²) in [5.41, 5.74) is 0. The number of aliphatic hydroxyl groups excluding tert-OH is 3. The van der Waals surface area contributed by atoms with Gasteiger partial charge >= 0.3 is 0 Å². The molecule has 0 rings (SSSR count). The summed E-state index contributed by atoms with van der Waals surface area (Å²) in [6, 6.07) is -0.702. The Morgan fingerprint density at radius 1 is 0.513 bits per heavy atom. The van der Waals surface area contributed by atoms with Crippen LogP contribution in [-0.2, 0) is 4.79 Å². The smallest absolute Gasteiger partial charge is 0.249 e. The van der Waals surface area contributed by atoms with Crippen LogP contribution in [-0.4, -0.2) is 46.1 Å². The molecular formula is C34H69NO4. The number of carbonyl (C=O) groups excluding carboxylic acids is 1. The van der Waals surface area contributed by atoms with Crippen molar-refractivity contribution < 1.29 is 20.1 Å². The Morgan fingerprint density at radius 2 is 0.821 bits per heavy atom. The number of hydrogen-bond donors (Lipinski definition) is 4. The van der Waals surface area contributed by atoms with Crippen LogP contribution in [0.15, 0.2) is 0 Å². The second-order valence-electron chi connectivity index (χ2n) is 12.1. The third-order valence-corrected chi connectivity index (χ3v) is 8.23. The Hall–Kier alpha value is -0.650. The summed E-state index contributed by atoms with van der Waals surface area (Å²) in [5, 5.41) is 33.0. The molecule has 0 spiro atoms. The average Bonchev–Trinajstić information content (AvgIpc) is 2.94. The third-order valence-electron chi connectivity index (χ3n) is 8.23. The normalized spacial score (nSPS) is 13.9. The first kappa shape index (κ1) is 38.4. The Labute approximate surface area is 243 Å². The average molecular weight is 556 g/mol. The molecule has 4 N–H and O–H groups in total. The quantitative estimate of drug-likeness (QED) is 0.0644. The largest absolute Gasteiger partial charge is 0.394 e. The summed E-state index contributed by atoms with van der Waals surface area (Å²) in [4.78, 5) is 12.4. The van der Waals surface area contributed by atoms with E-state index in [0.717, 1.165) is 32.1 Å². The number of nitrogens with one attached hydrogen (secondary N) is 1. The topological polar surface area (TPSA) is 89.8 Å². The fraction of sp³-hybridized carbons (Fsp3) is 0.971. The number of rotatable bonds is 31. The fourth-order valence-corrected chi connectivity index (χ4v) is 5.42. The summed E-state index contributed by atoms with van der Waals surface area (Å²) in [5.74, 6) is -0.471. The predicted molar refractivity (Wildman–Crippen MR) is 167 cm³/mol. The highest BCUT2D eigenvalue weighted by atomic mass is 16.3. The fourth-order valence-electron chi connectivity index (χ4n) is 5.42. The molecule has 0 heterocycles. The molecule has 0 radical (unpaired) electrons. The minimum atomic E-state index is -1.06. The Balaban J connectivity index is 3.69. The van der Waals surface area contributed by atoms with E-state index in [1.54, 1.807) is 0 Å². The van der Waals surface area contributed by atoms with Crippen LogP contribution in [0.2, 0.25) is 0 Å². The summed E-state index contributed by atoms with van der Waals surface area (Å²) >= 11 is 0. The second-order valence-corrected chi connectivity index (χ2v) is 12.1. The first-order valence-electron chi connectivity index (χ1n) is 17.3. The van der Waals surface area contributed by atoms with Crippen LogP contribution < -0.4 is 5.32 Å². The van der Waals surface area contributed by atoms with Crippen molar-refractivity contribution in [1.29, 1.82) is 0 Å². The highest BCUT2D eigenvalue weighted by Crippen LogP contribution is 2.15. The molecule has 3 atom stereocenters. The molecule has 0 aliphatic carbocycles. The third kappa shape index (κ3) is 26.0. The van der Waals surface area contributed by atoms with E-state index < -0.39 is 24.2 Å². The van der Waals surface area contributed by atoms with Crippen LogP contribution in [0, 0.1) is 0 Å². The zero-order valence-electron chi connectivity index (χ0n) is 26.3. The minimum absolute atomic E-state index is 0.309. The van der Waals surface area contributed by atoms with Crippen molar-refractivity contribution in [3.8, 4) is 0 Å². The lowest BCUT2D eigenvalue weighted by Crippen LogP contribution is -2.49. The molecule has 5 heteroatoms. The van der Waals surface area contributed by atoms with Gasteiger partial charge in [0.05, 0.1) is 18.8 Å². The van der Waals surface area contributed by atoms with Crippen LogP contribution in [0.1, 0.15) is 187 Å². The van der Waals surface area contributed by atoms with E-state index in [2.05, 4.69) is 19.2 Å². The SMILES string of the molecule is CCCCCCCCCCCCCCCC(O)C(CO)NC(=O)C(O)CCCCCCCCCCCCCC. The van der Waals surface area contributed by atoms with Gasteiger partial charge in [-0.15, -0.1) is 0 Å². The highest BCUT2D eigenvalue weighted by Gasteiger charge is 2.23. The van der Waals surface area contributed by atoms with Crippen molar-refractivity contribution in [2.75, 3.05) is 6.61 Å². The van der Waals surface area contributed by atoms with Crippen molar-refractivity contribution in [3.63, 3.8) is 0 Å². The van der Waals surface area contributed by atoms with Gasteiger partial charge in [0, 0.05) is 0 Å². The van der Waals surface area contributed by atoms with E-state index >= 15 is 0 Å². The molecule has 5 nitrogen and oxygen atoms in total. The van der Waals surface area contributed by atoms with E-state index in [4.69, 9.17) is 0 Å². The van der Waals surface area contributed by atoms with E-state index in [1.165, 1.54) is 128 Å². The molecular weight excluding hydrogens is 486 g/mol. The van der Waals surface area contributed by atoms with Gasteiger partial charge in [-0.3, -0.25) is 4.79 Å². The van der Waals surface area contributed by atoms with Gasteiger partial charge in [-0.25, -0.2) is 0 Å². The zero-order chi connectivity index (χ0) is 28.8. The van der Waals surface area contributed by atoms with Gasteiger partial charge in [0.2, 0.25) is 5.91 Å². The Kier molecular flexibility index (Phi) is 29.8. The minimum Gasteiger partial charge on any atom is -0.394 e. The number of carbonyl (C=O) groups is 1. The van der Waals surface area contributed by atoms with Crippen molar-refractivity contribution in [2.45, 2.75) is 205 Å². The van der Waals surface area contributed by atoms with Crippen LogP contribution in [0.25, 0.3) is 0 Å². The van der Waals surface area contributed by atoms with Gasteiger partial charge in [0.25, 0.3) is 0 Å². The van der Waals surface area contributed by atoms with Gasteiger partial charge in [0.15, 0.2) is 0 Å². The van der Waals surface area contributed by atoms with Gasteiger partial charge in [-0.1, -0.05) is 174 Å². The maximum atomic E-state index is 12.4. The molecule has 3 unspecified atom stereocenters. The zero-order valence-corrected chi connectivity index (χ0v) is 26.3. The summed E-state index contributed by atoms with van der Waals surface area (Å²) in [6.45, 7) is 4.21. The highest BCUT2D eigenvalue weighted by molar-refractivity contribution is 5.80. The molecule has 234 valence electrons. The molecule has 0 bridgehead atoms. The maximum absolute atomic E-state index is 12.4. The predicted octanol–water partition coefficient (Wildman–Crippen LogP) is 8.76. The Bertz CT molecular complexity index is 502. The maximum Gasteiger partial charge on any atom is 0.249 e. The molecule has 0 aliphatic rings. The molecule has 0 saturated heterocycles. The van der Waals surface area contributed by atoms with Crippen LogP contribution in [0.4, 0.5) is 0 Å². The number of amides is 1. The Morgan fingerprint density at radius 3 is 1.15 bits per heavy atom. The van der Waals surface area contributed by atoms with Crippen molar-refractivity contribution >= 4 is 5.91 Å². The molecule has 1 amide bonds. The van der Waals surface area contributed by atoms with E-state index in [-0.39, 0.29) is 6.61 Å². The van der Waals surface area contributed by atoms with Gasteiger partial charge in [0.1, 0.15) is 6.10 Å². The first-order chi connectivity index (χ1) is 19.1. The van der Waals surface area contributed by atoms with Crippen LogP contribution >= 0.6 is 0 Å². The molecule has 0 saturated carbocycles. The molecule has 39 heavy (non-hydrogen) atoms. The van der Waals surface area contributed by atoms with Crippen molar-refractivity contribution in [2.24, 2.45) is 0 Å². The van der Waals surface area contributed by atoms with Gasteiger partial charge in [-0.05, 0) is 12.8 Å². The van der Waals surface area contributed by atoms with Crippen LogP contribution in [0.3, 0.4) is 0 Å². The van der Waals surface area contributed by atoms with E-state index in [1.807, 2.05) is 0 Å². The summed E-state index contributed by atoms with van der Waals surface area (Å²) in [6.07, 6.45) is 30.8. The lowest BCUT2D eigenvalue weighted by Gasteiger charge is -2.23. The van der Waals surface area contributed by atoms with Crippen molar-refractivity contribution in [3.05, 3.63) is 0 Å². The molecule has 0 aromatic rings. The van der Waals surface area contributed by atoms with Gasteiger partial charge < -0.3 is 20.6 Å². The van der Waals surface area contributed by atoms with Gasteiger partial charge in [-0.2, -0.15) is 0 Å². The lowest BCUT2D eigenvalue weighted by molar-refractivity contribution is -0.131. The molecule has 0 aliphatic heterocycles. The second kappa shape index (κ2) is 30.3. The van der Waals surface area contributed by atoms with E-state index in [0.29, 0.717) is 12.8 Å². The lowest BCUT2D eigenvalue weighted by atomic mass is 10.0. The van der Waals surface area contributed by atoms with Crippen molar-refractivity contribution in [1.82, 2.24) is 5.32 Å². The summed E-state index contributed by atoms with van der Waals surface area (Å²) in [7, 11) is 0. The number of hydrogen-bond acceptors (Lipinski definition) is 4. The first-order valence-corrected chi connectivity index (χ1v) is 17.3. The molecule has 0 fully saturated rings. The monoisotopic (exact) mass is 556 g/mol. The standard InChI is InChI=1S/C34H69NO4/c1-3-5-7-9-11-13-15-17-19-20-22-24-26-28-32(37)31(30-36)35-34(39)33(38)29-27-25-23-21-18-16-14-12-10-8-6-4-2/h31-33,36-38H,3-30H2,1-2H3,(H,35,39). The molecule has 0 aromatic carbocycles. The van der Waals surface area contributed by atoms with Crippen LogP contribution in [0.5, 0.6) is 0 Å². The summed E-state index contributed by atoms with van der Waals surface area (Å²) < 4.78 is 0.